The molecule has 1 rings (SSSR count). The van der Waals surface area contributed by atoms with Crippen LogP contribution >= 0.6 is 0 Å². The molecule has 0 spiro atoms. The highest BCUT2D eigenvalue weighted by Crippen LogP contribution is 2.32. The minimum absolute atomic E-state index is 0.249. The Morgan fingerprint density at radius 3 is 2.06 bits per heavy atom. The molecule has 0 atom stereocenters. The van der Waals surface area contributed by atoms with Crippen molar-refractivity contribution in [2.24, 2.45) is 0 Å². The maximum atomic E-state index is 5.49. The molecule has 0 saturated heterocycles. The lowest BCUT2D eigenvalue weighted by Gasteiger charge is -2.32. The molecule has 0 aliphatic carbocycles. The average Bonchev–Trinajstić information content (AvgIpc) is 2.38. The second-order valence-electron chi connectivity index (χ2n) is 4.48. The summed E-state index contributed by atoms with van der Waals surface area (Å²) in [5.41, 5.74) is 1.65. The van der Waals surface area contributed by atoms with Gasteiger partial charge in [0.05, 0.1) is 6.61 Å². The zero-order valence-corrected chi connectivity index (χ0v) is 11.5. The highest BCUT2D eigenvalue weighted by Gasteiger charge is 2.27. The van der Waals surface area contributed by atoms with E-state index < -0.39 is 0 Å². The molecular formula is C15H25NO. The van der Waals surface area contributed by atoms with E-state index in [0.717, 1.165) is 31.7 Å². The quantitative estimate of drug-likeness (QED) is 0.782. The van der Waals surface area contributed by atoms with Crippen LogP contribution in [0.5, 0.6) is 5.75 Å². The molecule has 0 amide bonds. The molecule has 0 aliphatic rings. The predicted octanol–water partition coefficient (Wildman–Crippen LogP) is 3.36. The van der Waals surface area contributed by atoms with E-state index in [9.17, 15) is 0 Å². The zero-order valence-electron chi connectivity index (χ0n) is 11.5. The van der Waals surface area contributed by atoms with Gasteiger partial charge in [-0.2, -0.15) is 0 Å². The van der Waals surface area contributed by atoms with Gasteiger partial charge in [-0.1, -0.05) is 26.0 Å². The average molecular weight is 235 g/mol. The Hall–Kier alpha value is -1.02. The largest absolute Gasteiger partial charge is 0.494 e. The fraction of sp³-hybridized carbons (Fsp3) is 0.600. The number of ether oxygens (including phenoxy) is 1. The molecule has 17 heavy (non-hydrogen) atoms. The van der Waals surface area contributed by atoms with Crippen molar-refractivity contribution < 1.29 is 4.74 Å². The third-order valence-corrected chi connectivity index (χ3v) is 3.65. The lowest BCUT2D eigenvalue weighted by atomic mass is 9.76. The molecule has 2 heteroatoms. The summed E-state index contributed by atoms with van der Waals surface area (Å²) in [5.74, 6) is 0.960. The van der Waals surface area contributed by atoms with E-state index in [2.05, 4.69) is 43.4 Å². The Morgan fingerprint density at radius 2 is 1.65 bits per heavy atom. The molecule has 2 nitrogen and oxygen atoms in total. The summed E-state index contributed by atoms with van der Waals surface area (Å²) in [5, 5.41) is 3.32. The van der Waals surface area contributed by atoms with Crippen LogP contribution in [-0.2, 0) is 5.41 Å². The maximum absolute atomic E-state index is 5.49. The van der Waals surface area contributed by atoms with Gasteiger partial charge in [-0.05, 0) is 44.5 Å². The summed E-state index contributed by atoms with van der Waals surface area (Å²) in [6.45, 7) is 8.28. The molecule has 0 heterocycles. The summed E-state index contributed by atoms with van der Waals surface area (Å²) >= 11 is 0. The number of hydrogen-bond donors (Lipinski definition) is 1. The molecule has 0 unspecified atom stereocenters. The third-order valence-electron chi connectivity index (χ3n) is 3.65. The normalized spacial score (nSPS) is 11.5. The van der Waals surface area contributed by atoms with Crippen LogP contribution in [0, 0.1) is 0 Å². The molecule has 0 fully saturated rings. The fourth-order valence-corrected chi connectivity index (χ4v) is 2.42. The van der Waals surface area contributed by atoms with Crippen LogP contribution in [-0.4, -0.2) is 20.2 Å². The minimum atomic E-state index is 0.249. The van der Waals surface area contributed by atoms with Gasteiger partial charge in [-0.3, -0.25) is 0 Å². The van der Waals surface area contributed by atoms with Gasteiger partial charge in [0.15, 0.2) is 0 Å². The molecule has 1 aromatic carbocycles. The molecule has 0 aromatic heterocycles. The number of nitrogens with one attached hydrogen (secondary N) is 1. The Labute approximate surface area is 105 Å². The van der Waals surface area contributed by atoms with Gasteiger partial charge >= 0.3 is 0 Å². The summed E-state index contributed by atoms with van der Waals surface area (Å²) < 4.78 is 5.49. The smallest absolute Gasteiger partial charge is 0.119 e. The van der Waals surface area contributed by atoms with Gasteiger partial charge in [0.25, 0.3) is 0 Å². The van der Waals surface area contributed by atoms with Crippen LogP contribution in [0.15, 0.2) is 24.3 Å². The van der Waals surface area contributed by atoms with Crippen molar-refractivity contribution in [3.8, 4) is 5.75 Å². The van der Waals surface area contributed by atoms with Crippen LogP contribution in [0.2, 0.25) is 0 Å². The summed E-state index contributed by atoms with van der Waals surface area (Å²) in [4.78, 5) is 0. The maximum Gasteiger partial charge on any atom is 0.119 e. The van der Waals surface area contributed by atoms with Crippen molar-refractivity contribution in [2.75, 3.05) is 20.2 Å². The van der Waals surface area contributed by atoms with Gasteiger partial charge in [0.2, 0.25) is 0 Å². The van der Waals surface area contributed by atoms with Crippen LogP contribution in [0.4, 0.5) is 0 Å². The standard InChI is InChI=1S/C15H25NO/c1-5-15(6-2,12-16-4)13-8-10-14(11-9-13)17-7-3/h8-11,16H,5-7,12H2,1-4H3. The van der Waals surface area contributed by atoms with Gasteiger partial charge < -0.3 is 10.1 Å². The zero-order chi connectivity index (χ0) is 12.7. The van der Waals surface area contributed by atoms with Crippen LogP contribution in [0.25, 0.3) is 0 Å². The van der Waals surface area contributed by atoms with Crippen molar-refractivity contribution in [1.29, 1.82) is 0 Å². The monoisotopic (exact) mass is 235 g/mol. The highest BCUT2D eigenvalue weighted by molar-refractivity contribution is 5.32. The highest BCUT2D eigenvalue weighted by atomic mass is 16.5. The van der Waals surface area contributed by atoms with Crippen molar-refractivity contribution in [3.63, 3.8) is 0 Å². The molecule has 0 saturated carbocycles. The second-order valence-corrected chi connectivity index (χ2v) is 4.48. The molecule has 0 aliphatic heterocycles. The van der Waals surface area contributed by atoms with Crippen molar-refractivity contribution in [3.05, 3.63) is 29.8 Å². The van der Waals surface area contributed by atoms with E-state index in [-0.39, 0.29) is 5.41 Å². The van der Waals surface area contributed by atoms with Gasteiger partial charge in [0.1, 0.15) is 5.75 Å². The van der Waals surface area contributed by atoms with Gasteiger partial charge in [0, 0.05) is 12.0 Å². The molecule has 1 N–H and O–H groups in total. The van der Waals surface area contributed by atoms with Crippen molar-refractivity contribution in [1.82, 2.24) is 5.32 Å². The molecule has 0 bridgehead atoms. The van der Waals surface area contributed by atoms with Crippen molar-refractivity contribution >= 4 is 0 Å². The van der Waals surface area contributed by atoms with Gasteiger partial charge in [-0.15, -0.1) is 0 Å². The third kappa shape index (κ3) is 3.22. The first-order chi connectivity index (χ1) is 8.22. The number of benzene rings is 1. The van der Waals surface area contributed by atoms with E-state index in [4.69, 9.17) is 4.74 Å². The first-order valence-electron chi connectivity index (χ1n) is 6.60. The first kappa shape index (κ1) is 14.0. The predicted molar refractivity (Wildman–Crippen MR) is 73.8 cm³/mol. The summed E-state index contributed by atoms with van der Waals surface area (Å²) in [7, 11) is 2.02. The van der Waals surface area contributed by atoms with E-state index in [0.29, 0.717) is 0 Å². The fourth-order valence-electron chi connectivity index (χ4n) is 2.42. The Balaban J connectivity index is 2.94. The van der Waals surface area contributed by atoms with E-state index >= 15 is 0 Å². The minimum Gasteiger partial charge on any atom is -0.494 e. The second kappa shape index (κ2) is 6.65. The molecule has 1 aromatic rings. The number of rotatable bonds is 7. The van der Waals surface area contributed by atoms with Gasteiger partial charge in [-0.25, -0.2) is 0 Å². The lowest BCUT2D eigenvalue weighted by Crippen LogP contribution is -2.35. The van der Waals surface area contributed by atoms with E-state index in [1.807, 2.05) is 14.0 Å². The van der Waals surface area contributed by atoms with Crippen molar-refractivity contribution in [2.45, 2.75) is 39.0 Å². The molecular weight excluding hydrogens is 210 g/mol. The SMILES string of the molecule is CCOc1ccc(C(CC)(CC)CNC)cc1. The van der Waals surface area contributed by atoms with Crippen LogP contribution in [0.3, 0.4) is 0 Å². The summed E-state index contributed by atoms with van der Waals surface area (Å²) in [6.07, 6.45) is 2.30. The Bertz CT molecular complexity index is 314. The van der Waals surface area contributed by atoms with Crippen LogP contribution in [0.1, 0.15) is 39.2 Å². The molecule has 0 radical (unpaired) electrons. The summed E-state index contributed by atoms with van der Waals surface area (Å²) in [6, 6.07) is 8.56. The lowest BCUT2D eigenvalue weighted by molar-refractivity contribution is 0.339. The number of hydrogen-bond acceptors (Lipinski definition) is 2. The molecule has 96 valence electrons. The number of likely N-dealkylation sites (N-methyl/N-ethyl adjacent to an activating group) is 1. The van der Waals surface area contributed by atoms with E-state index in [1.54, 1.807) is 0 Å². The van der Waals surface area contributed by atoms with Crippen LogP contribution < -0.4 is 10.1 Å². The van der Waals surface area contributed by atoms with E-state index in [1.165, 1.54) is 5.56 Å². The topological polar surface area (TPSA) is 21.3 Å². The first-order valence-corrected chi connectivity index (χ1v) is 6.60. The Kier molecular flexibility index (Phi) is 5.49. The Morgan fingerprint density at radius 1 is 1.06 bits per heavy atom.